The third-order valence-electron chi connectivity index (χ3n) is 4.24. The molecule has 29 heavy (non-hydrogen) atoms. The Labute approximate surface area is 167 Å². The SMILES string of the molecule is O=C(C=Cc1cccc([N+](=O)[O-])c1)Nc1ccc(S(=O)(=O)N2CCOCC2)cc1. The topological polar surface area (TPSA) is 119 Å². The number of anilines is 1. The number of benzene rings is 2. The normalized spacial score (nSPS) is 15.3. The molecule has 2 aromatic rings. The van der Waals surface area contributed by atoms with E-state index < -0.39 is 20.9 Å². The summed E-state index contributed by atoms with van der Waals surface area (Å²) in [4.78, 5) is 22.5. The van der Waals surface area contributed by atoms with Gasteiger partial charge in [-0.1, -0.05) is 12.1 Å². The fraction of sp³-hybridized carbons (Fsp3) is 0.211. The summed E-state index contributed by atoms with van der Waals surface area (Å²) in [6.07, 6.45) is 2.71. The van der Waals surface area contributed by atoms with Crippen molar-refractivity contribution >= 4 is 33.4 Å². The van der Waals surface area contributed by atoms with Gasteiger partial charge in [0, 0.05) is 37.0 Å². The first-order valence-corrected chi connectivity index (χ1v) is 10.2. The zero-order valence-corrected chi connectivity index (χ0v) is 16.2. The summed E-state index contributed by atoms with van der Waals surface area (Å²) in [5.41, 5.74) is 0.880. The number of hydrogen-bond acceptors (Lipinski definition) is 6. The molecular formula is C19H19N3O6S. The van der Waals surface area contributed by atoms with E-state index in [1.807, 2.05) is 0 Å². The summed E-state index contributed by atoms with van der Waals surface area (Å²) in [6.45, 7) is 1.35. The molecule has 1 amide bonds. The number of nitro groups is 1. The molecule has 1 aliphatic heterocycles. The van der Waals surface area contributed by atoms with Crippen LogP contribution < -0.4 is 5.32 Å². The first-order chi connectivity index (χ1) is 13.9. The molecule has 0 bridgehead atoms. The van der Waals surface area contributed by atoms with Crippen molar-refractivity contribution in [3.05, 3.63) is 70.3 Å². The molecular weight excluding hydrogens is 398 g/mol. The van der Waals surface area contributed by atoms with E-state index in [1.54, 1.807) is 6.07 Å². The summed E-state index contributed by atoms with van der Waals surface area (Å²) in [5, 5.41) is 13.4. The van der Waals surface area contributed by atoms with Gasteiger partial charge in [0.1, 0.15) is 0 Å². The molecule has 1 fully saturated rings. The second-order valence-electron chi connectivity index (χ2n) is 6.22. The minimum atomic E-state index is -3.59. The Hall–Kier alpha value is -3.08. The number of nitrogens with one attached hydrogen (secondary N) is 1. The van der Waals surface area contributed by atoms with Crippen molar-refractivity contribution in [2.75, 3.05) is 31.6 Å². The minimum absolute atomic E-state index is 0.0652. The third-order valence-corrected chi connectivity index (χ3v) is 6.15. The van der Waals surface area contributed by atoms with Crippen LogP contribution in [0.4, 0.5) is 11.4 Å². The van der Waals surface area contributed by atoms with Crippen molar-refractivity contribution in [2.45, 2.75) is 4.90 Å². The zero-order valence-electron chi connectivity index (χ0n) is 15.4. The lowest BCUT2D eigenvalue weighted by molar-refractivity contribution is -0.384. The predicted octanol–water partition coefficient (Wildman–Crippen LogP) is 2.27. The van der Waals surface area contributed by atoms with Crippen LogP contribution in [0.1, 0.15) is 5.56 Å². The summed E-state index contributed by atoms with van der Waals surface area (Å²) >= 11 is 0. The van der Waals surface area contributed by atoms with Crippen molar-refractivity contribution in [3.8, 4) is 0 Å². The fourth-order valence-corrected chi connectivity index (χ4v) is 4.15. The Morgan fingerprint density at radius 2 is 1.83 bits per heavy atom. The van der Waals surface area contributed by atoms with Crippen LogP contribution >= 0.6 is 0 Å². The van der Waals surface area contributed by atoms with Crippen molar-refractivity contribution < 1.29 is 22.9 Å². The largest absolute Gasteiger partial charge is 0.379 e. The standard InChI is InChI=1S/C19H19N3O6S/c23-19(9-4-15-2-1-3-17(14-15)22(24)25)20-16-5-7-18(8-6-16)29(26,27)21-10-12-28-13-11-21/h1-9,14H,10-13H2,(H,20,23). The zero-order chi connectivity index (χ0) is 20.9. The molecule has 3 rings (SSSR count). The Morgan fingerprint density at radius 1 is 1.14 bits per heavy atom. The minimum Gasteiger partial charge on any atom is -0.379 e. The average molecular weight is 417 g/mol. The van der Waals surface area contributed by atoms with Gasteiger partial charge in [-0.15, -0.1) is 0 Å². The van der Waals surface area contributed by atoms with Gasteiger partial charge in [-0.2, -0.15) is 4.31 Å². The molecule has 10 heteroatoms. The van der Waals surface area contributed by atoms with Gasteiger partial charge in [-0.05, 0) is 35.9 Å². The number of nitrogens with zero attached hydrogens (tertiary/aromatic N) is 2. The second kappa shape index (κ2) is 8.95. The molecule has 0 atom stereocenters. The molecule has 0 spiro atoms. The summed E-state index contributed by atoms with van der Waals surface area (Å²) in [5.74, 6) is -0.444. The highest BCUT2D eigenvalue weighted by Crippen LogP contribution is 2.19. The number of carbonyl (C=O) groups excluding carboxylic acids is 1. The molecule has 0 aliphatic carbocycles. The van der Waals surface area contributed by atoms with Crippen molar-refractivity contribution in [2.24, 2.45) is 0 Å². The second-order valence-corrected chi connectivity index (χ2v) is 8.15. The lowest BCUT2D eigenvalue weighted by Gasteiger charge is -2.26. The molecule has 152 valence electrons. The number of ether oxygens (including phenoxy) is 1. The van der Waals surface area contributed by atoms with E-state index in [2.05, 4.69) is 5.32 Å². The van der Waals surface area contributed by atoms with Crippen molar-refractivity contribution in [3.63, 3.8) is 0 Å². The first-order valence-electron chi connectivity index (χ1n) is 8.78. The van der Waals surface area contributed by atoms with Gasteiger partial charge in [0.15, 0.2) is 0 Å². The highest BCUT2D eigenvalue weighted by molar-refractivity contribution is 7.89. The van der Waals surface area contributed by atoms with Crippen LogP contribution in [0.15, 0.2) is 59.5 Å². The van der Waals surface area contributed by atoms with Gasteiger partial charge in [-0.3, -0.25) is 14.9 Å². The maximum atomic E-state index is 12.6. The Bertz CT molecular complexity index is 1030. The van der Waals surface area contributed by atoms with Crippen LogP contribution in [0, 0.1) is 10.1 Å². The smallest absolute Gasteiger partial charge is 0.270 e. The highest BCUT2D eigenvalue weighted by Gasteiger charge is 2.26. The third kappa shape index (κ3) is 5.25. The molecule has 2 aromatic carbocycles. The molecule has 1 saturated heterocycles. The van der Waals surface area contributed by atoms with Crippen LogP contribution in [0.25, 0.3) is 6.08 Å². The number of hydrogen-bond donors (Lipinski definition) is 1. The van der Waals surface area contributed by atoms with Crippen LogP contribution in [-0.4, -0.2) is 49.9 Å². The number of rotatable bonds is 6. The maximum Gasteiger partial charge on any atom is 0.270 e. The summed E-state index contributed by atoms with van der Waals surface area (Å²) in [6, 6.07) is 11.8. The van der Waals surface area contributed by atoms with E-state index in [9.17, 15) is 23.3 Å². The van der Waals surface area contributed by atoms with Crippen LogP contribution in [-0.2, 0) is 19.6 Å². The predicted molar refractivity (Wildman–Crippen MR) is 107 cm³/mol. The van der Waals surface area contributed by atoms with Gasteiger partial charge in [-0.25, -0.2) is 8.42 Å². The van der Waals surface area contributed by atoms with Gasteiger partial charge in [0.05, 0.1) is 23.0 Å². The molecule has 1 heterocycles. The Morgan fingerprint density at radius 3 is 2.48 bits per heavy atom. The monoisotopic (exact) mass is 417 g/mol. The molecule has 9 nitrogen and oxygen atoms in total. The number of morpholine rings is 1. The lowest BCUT2D eigenvalue weighted by atomic mass is 10.2. The molecule has 0 aromatic heterocycles. The maximum absolute atomic E-state index is 12.6. The average Bonchev–Trinajstić information content (AvgIpc) is 2.73. The van der Waals surface area contributed by atoms with E-state index in [-0.39, 0.29) is 10.6 Å². The van der Waals surface area contributed by atoms with Crippen molar-refractivity contribution in [1.29, 1.82) is 0 Å². The molecule has 0 unspecified atom stereocenters. The van der Waals surface area contributed by atoms with Crippen molar-refractivity contribution in [1.82, 2.24) is 4.31 Å². The quantitative estimate of drug-likeness (QED) is 0.437. The summed E-state index contributed by atoms with van der Waals surface area (Å²) in [7, 11) is -3.59. The number of amides is 1. The number of carbonyl (C=O) groups is 1. The van der Waals surface area contributed by atoms with Gasteiger partial charge >= 0.3 is 0 Å². The Kier molecular flexibility index (Phi) is 6.37. The number of sulfonamides is 1. The highest BCUT2D eigenvalue weighted by atomic mass is 32.2. The van der Waals surface area contributed by atoms with E-state index >= 15 is 0 Å². The molecule has 1 aliphatic rings. The van der Waals surface area contributed by atoms with E-state index in [1.165, 1.54) is 58.9 Å². The van der Waals surface area contributed by atoms with Gasteiger partial charge in [0.25, 0.3) is 5.69 Å². The molecule has 0 radical (unpaired) electrons. The molecule has 0 saturated carbocycles. The summed E-state index contributed by atoms with van der Waals surface area (Å²) < 4.78 is 31.7. The lowest BCUT2D eigenvalue weighted by Crippen LogP contribution is -2.40. The first kappa shape index (κ1) is 20.6. The number of non-ortho nitro benzene ring substituents is 1. The fourth-order valence-electron chi connectivity index (χ4n) is 2.74. The van der Waals surface area contributed by atoms with E-state index in [4.69, 9.17) is 4.74 Å². The van der Waals surface area contributed by atoms with E-state index in [0.717, 1.165) is 0 Å². The van der Waals surface area contributed by atoms with E-state index in [0.29, 0.717) is 37.6 Å². The molecule has 1 N–H and O–H groups in total. The van der Waals surface area contributed by atoms with Gasteiger partial charge < -0.3 is 10.1 Å². The van der Waals surface area contributed by atoms with Gasteiger partial charge in [0.2, 0.25) is 15.9 Å². The number of nitro benzene ring substituents is 1. The van der Waals surface area contributed by atoms with Crippen LogP contribution in [0.5, 0.6) is 0 Å². The Balaban J connectivity index is 1.64. The van der Waals surface area contributed by atoms with Crippen LogP contribution in [0.2, 0.25) is 0 Å². The van der Waals surface area contributed by atoms with Crippen LogP contribution in [0.3, 0.4) is 0 Å².